The third kappa shape index (κ3) is 7.02. The maximum Gasteiger partial charge on any atom is 0.284 e. The topological polar surface area (TPSA) is 162 Å². The van der Waals surface area contributed by atoms with Crippen LogP contribution in [-0.4, -0.2) is 63.3 Å². The Labute approximate surface area is 284 Å². The molecule has 1 atom stereocenters. The van der Waals surface area contributed by atoms with Crippen LogP contribution < -0.4 is 16.6 Å². The minimum atomic E-state index is -3.56. The zero-order valence-electron chi connectivity index (χ0n) is 27.2. The molecular formula is C36H37N7O5S. The Morgan fingerprint density at radius 1 is 0.980 bits per heavy atom. The van der Waals surface area contributed by atoms with Crippen LogP contribution in [0.2, 0.25) is 0 Å². The molecule has 0 radical (unpaired) electrons. The molecule has 1 unspecified atom stereocenters. The number of nitrogen functional groups attached to an aromatic ring is 1. The van der Waals surface area contributed by atoms with Gasteiger partial charge in [-0.2, -0.15) is 0 Å². The van der Waals surface area contributed by atoms with E-state index in [1.807, 2.05) is 18.2 Å². The van der Waals surface area contributed by atoms with Crippen LogP contribution in [0.5, 0.6) is 0 Å². The Morgan fingerprint density at radius 3 is 2.35 bits per heavy atom. The number of carbonyl (C=O) groups is 2. The van der Waals surface area contributed by atoms with Crippen LogP contribution in [0.4, 0.5) is 11.5 Å². The van der Waals surface area contributed by atoms with Crippen LogP contribution in [0.3, 0.4) is 0 Å². The average Bonchev–Trinajstić information content (AvgIpc) is 3.35. The van der Waals surface area contributed by atoms with Gasteiger partial charge in [0.15, 0.2) is 9.84 Å². The van der Waals surface area contributed by atoms with E-state index in [9.17, 15) is 22.8 Å². The number of amides is 2. The average molecular weight is 680 g/mol. The molecule has 2 amide bonds. The molecule has 5 aromatic rings. The van der Waals surface area contributed by atoms with Crippen LogP contribution in [0, 0.1) is 6.92 Å². The number of rotatable bonds is 9. The van der Waals surface area contributed by atoms with Gasteiger partial charge in [0.25, 0.3) is 11.5 Å². The third-order valence-corrected chi connectivity index (χ3v) is 10.6. The van der Waals surface area contributed by atoms with Gasteiger partial charge in [-0.15, -0.1) is 0 Å². The number of likely N-dealkylation sites (tertiary alicyclic amines) is 1. The molecule has 49 heavy (non-hydrogen) atoms. The van der Waals surface area contributed by atoms with E-state index in [-0.39, 0.29) is 40.3 Å². The van der Waals surface area contributed by atoms with Gasteiger partial charge in [-0.3, -0.25) is 19.1 Å². The van der Waals surface area contributed by atoms with Crippen molar-refractivity contribution in [3.8, 4) is 16.9 Å². The first-order valence-corrected chi connectivity index (χ1v) is 17.6. The first-order chi connectivity index (χ1) is 23.5. The molecule has 2 aromatic heterocycles. The van der Waals surface area contributed by atoms with Crippen LogP contribution in [0.1, 0.15) is 46.9 Å². The van der Waals surface area contributed by atoms with Crippen LogP contribution in [0.25, 0.3) is 16.9 Å². The Balaban J connectivity index is 1.13. The van der Waals surface area contributed by atoms with Gasteiger partial charge in [-0.1, -0.05) is 48.5 Å². The fourth-order valence-corrected chi connectivity index (χ4v) is 7.38. The molecule has 0 aliphatic carbocycles. The van der Waals surface area contributed by atoms with Crippen molar-refractivity contribution in [2.75, 3.05) is 29.9 Å². The fourth-order valence-electron chi connectivity index (χ4n) is 6.13. The number of piperidine rings is 1. The van der Waals surface area contributed by atoms with Gasteiger partial charge in [-0.25, -0.2) is 23.1 Å². The number of anilines is 2. The standard InChI is InChI=1S/C36H37N7O5S/c1-24-32(36(46)43(41(24)2)28-11-5-3-6-12-28)35(45)39-27-17-15-25(16-18-27)33-34(37)38-22-30(40-33)26-10-9-20-42(23-26)31(44)19-21-49(47,48)29-13-7-4-8-14-29/h3-8,11-18,22,26H,9-10,19-21,23H2,1-2H3,(H2,37,38)(H,39,45). The number of hydrogen-bond donors (Lipinski definition) is 2. The summed E-state index contributed by atoms with van der Waals surface area (Å²) in [6.45, 7) is 2.68. The quantitative estimate of drug-likeness (QED) is 0.232. The van der Waals surface area contributed by atoms with Crippen molar-refractivity contribution in [1.29, 1.82) is 0 Å². The molecule has 1 aliphatic heterocycles. The highest BCUT2D eigenvalue weighted by Crippen LogP contribution is 2.30. The van der Waals surface area contributed by atoms with Gasteiger partial charge in [0.1, 0.15) is 17.1 Å². The van der Waals surface area contributed by atoms with E-state index in [2.05, 4.69) is 10.3 Å². The summed E-state index contributed by atoms with van der Waals surface area (Å²) in [6, 6.07) is 24.2. The summed E-state index contributed by atoms with van der Waals surface area (Å²) < 4.78 is 28.5. The first-order valence-electron chi connectivity index (χ1n) is 16.0. The van der Waals surface area contributed by atoms with Crippen LogP contribution >= 0.6 is 0 Å². The van der Waals surface area contributed by atoms with Gasteiger partial charge >= 0.3 is 0 Å². The number of benzene rings is 3. The van der Waals surface area contributed by atoms with Crippen LogP contribution in [0.15, 0.2) is 101 Å². The van der Waals surface area contributed by atoms with E-state index in [1.165, 1.54) is 16.8 Å². The molecule has 1 aliphatic rings. The number of nitrogens with two attached hydrogens (primary N) is 1. The Hall–Kier alpha value is -5.56. The number of sulfone groups is 1. The number of aromatic nitrogens is 4. The molecule has 6 rings (SSSR count). The second-order valence-electron chi connectivity index (χ2n) is 12.1. The molecule has 1 saturated heterocycles. The summed E-state index contributed by atoms with van der Waals surface area (Å²) in [7, 11) is -1.83. The maximum atomic E-state index is 13.3. The highest BCUT2D eigenvalue weighted by molar-refractivity contribution is 7.91. The monoisotopic (exact) mass is 679 g/mol. The summed E-state index contributed by atoms with van der Waals surface area (Å²) in [4.78, 5) is 50.7. The number of hydrogen-bond acceptors (Lipinski definition) is 8. The Bertz CT molecular complexity index is 2160. The lowest BCUT2D eigenvalue weighted by atomic mass is 9.94. The maximum absolute atomic E-state index is 13.3. The van der Waals surface area contributed by atoms with Crippen molar-refractivity contribution in [3.63, 3.8) is 0 Å². The van der Waals surface area contributed by atoms with Crippen molar-refractivity contribution >= 4 is 33.2 Å². The van der Waals surface area contributed by atoms with E-state index in [0.29, 0.717) is 47.1 Å². The Morgan fingerprint density at radius 2 is 1.65 bits per heavy atom. The second-order valence-corrected chi connectivity index (χ2v) is 14.2. The molecule has 3 N–H and O–H groups in total. The predicted molar refractivity (Wildman–Crippen MR) is 187 cm³/mol. The molecule has 252 valence electrons. The van der Waals surface area contributed by atoms with Crippen molar-refractivity contribution in [2.45, 2.75) is 37.0 Å². The van der Waals surface area contributed by atoms with E-state index in [0.717, 1.165) is 12.8 Å². The number of nitrogens with zero attached hydrogens (tertiary/aromatic N) is 5. The van der Waals surface area contributed by atoms with E-state index >= 15 is 0 Å². The lowest BCUT2D eigenvalue weighted by Crippen LogP contribution is -2.40. The summed E-state index contributed by atoms with van der Waals surface area (Å²) >= 11 is 0. The summed E-state index contributed by atoms with van der Waals surface area (Å²) in [5.41, 5.74) is 9.39. The number of carbonyl (C=O) groups excluding carboxylic acids is 2. The number of para-hydroxylation sites is 1. The normalized spacial score (nSPS) is 14.8. The minimum absolute atomic E-state index is 0.0519. The molecule has 0 bridgehead atoms. The lowest BCUT2D eigenvalue weighted by molar-refractivity contribution is -0.132. The molecule has 3 heterocycles. The minimum Gasteiger partial charge on any atom is -0.382 e. The molecule has 13 heteroatoms. The molecular weight excluding hydrogens is 643 g/mol. The van der Waals surface area contributed by atoms with Crippen molar-refractivity contribution in [2.24, 2.45) is 7.05 Å². The lowest BCUT2D eigenvalue weighted by Gasteiger charge is -2.32. The SMILES string of the molecule is Cc1c(C(=O)Nc2ccc(-c3nc(C4CCCN(C(=O)CCS(=O)(=O)c5ccccc5)C4)cnc3N)cc2)c(=O)n(-c2ccccc2)n1C. The molecule has 12 nitrogen and oxygen atoms in total. The predicted octanol–water partition coefficient (Wildman–Crippen LogP) is 4.35. The second kappa shape index (κ2) is 13.9. The summed E-state index contributed by atoms with van der Waals surface area (Å²) in [5, 5.41) is 2.82. The molecule has 0 spiro atoms. The van der Waals surface area contributed by atoms with Gasteiger partial charge in [0.2, 0.25) is 5.91 Å². The molecule has 0 saturated carbocycles. The van der Waals surface area contributed by atoms with Gasteiger partial charge in [-0.05, 0) is 56.2 Å². The van der Waals surface area contributed by atoms with Gasteiger partial charge in [0, 0.05) is 43.7 Å². The van der Waals surface area contributed by atoms with E-state index in [1.54, 1.807) is 84.3 Å². The highest BCUT2D eigenvalue weighted by atomic mass is 32.2. The number of nitrogens with one attached hydrogen (secondary N) is 1. The molecule has 1 fully saturated rings. The third-order valence-electron chi connectivity index (χ3n) is 8.90. The zero-order valence-corrected chi connectivity index (χ0v) is 28.1. The summed E-state index contributed by atoms with van der Waals surface area (Å²) in [6.07, 6.45) is 3.06. The largest absolute Gasteiger partial charge is 0.382 e. The zero-order chi connectivity index (χ0) is 34.7. The van der Waals surface area contributed by atoms with E-state index in [4.69, 9.17) is 10.7 Å². The van der Waals surface area contributed by atoms with Crippen molar-refractivity contribution in [3.05, 3.63) is 118 Å². The van der Waals surface area contributed by atoms with Crippen molar-refractivity contribution < 1.29 is 18.0 Å². The van der Waals surface area contributed by atoms with Crippen molar-refractivity contribution in [1.82, 2.24) is 24.2 Å². The Kier molecular flexibility index (Phi) is 9.45. The smallest absolute Gasteiger partial charge is 0.284 e. The molecule has 3 aromatic carbocycles. The van der Waals surface area contributed by atoms with Gasteiger partial charge in [0.05, 0.1) is 33.9 Å². The first kappa shape index (κ1) is 33.3. The van der Waals surface area contributed by atoms with E-state index < -0.39 is 21.3 Å². The van der Waals surface area contributed by atoms with Crippen LogP contribution in [-0.2, 0) is 21.7 Å². The fraction of sp³-hybridized carbons (Fsp3) is 0.250. The van der Waals surface area contributed by atoms with Gasteiger partial charge < -0.3 is 16.0 Å². The highest BCUT2D eigenvalue weighted by Gasteiger charge is 2.28. The summed E-state index contributed by atoms with van der Waals surface area (Å²) in [5.74, 6) is -0.846.